The second-order valence-corrected chi connectivity index (χ2v) is 3.17. The van der Waals surface area contributed by atoms with E-state index in [2.05, 4.69) is 0 Å². The predicted molar refractivity (Wildman–Crippen MR) is 44.1 cm³/mol. The molecule has 0 aromatic carbocycles. The molecule has 0 rings (SSSR count). The maximum Gasteiger partial charge on any atom is 0.391 e. The Balaban J connectivity index is 3.97. The average Bonchev–Trinajstić information content (AvgIpc) is 1.96. The molecule has 0 amide bonds. The largest absolute Gasteiger partial charge is 0.392 e. The Labute approximate surface area is 75.9 Å². The fourth-order valence-corrected chi connectivity index (χ4v) is 1.24. The first-order chi connectivity index (χ1) is 5.90. The highest BCUT2D eigenvalue weighted by Crippen LogP contribution is 2.25. The summed E-state index contributed by atoms with van der Waals surface area (Å²) >= 11 is 0. The van der Waals surface area contributed by atoms with E-state index in [-0.39, 0.29) is 6.54 Å². The van der Waals surface area contributed by atoms with Crippen molar-refractivity contribution in [2.75, 3.05) is 6.54 Å². The molecule has 0 saturated carbocycles. The molecule has 0 radical (unpaired) electrons. The van der Waals surface area contributed by atoms with Crippen LogP contribution < -0.4 is 5.73 Å². The van der Waals surface area contributed by atoms with E-state index in [4.69, 9.17) is 5.73 Å². The third-order valence-electron chi connectivity index (χ3n) is 1.95. The molecule has 0 spiro atoms. The number of halogens is 3. The standard InChI is InChI=1S/C8H16F3NO/c1-2-3-6(5-12)7(13)4-8(9,10)11/h6-7,13H,2-5,12H2,1H3. The molecule has 3 N–H and O–H groups in total. The van der Waals surface area contributed by atoms with Gasteiger partial charge in [-0.1, -0.05) is 13.3 Å². The number of rotatable bonds is 5. The highest BCUT2D eigenvalue weighted by molar-refractivity contribution is 4.72. The molecule has 13 heavy (non-hydrogen) atoms. The van der Waals surface area contributed by atoms with Gasteiger partial charge in [-0.05, 0) is 18.9 Å². The molecule has 0 fully saturated rings. The lowest BCUT2D eigenvalue weighted by atomic mass is 9.95. The molecule has 0 aliphatic carbocycles. The van der Waals surface area contributed by atoms with Crippen molar-refractivity contribution in [3.63, 3.8) is 0 Å². The number of nitrogens with two attached hydrogens (primary N) is 1. The highest BCUT2D eigenvalue weighted by atomic mass is 19.4. The molecule has 0 aliphatic rings. The average molecular weight is 199 g/mol. The van der Waals surface area contributed by atoms with Crippen molar-refractivity contribution < 1.29 is 18.3 Å². The van der Waals surface area contributed by atoms with Gasteiger partial charge in [0, 0.05) is 0 Å². The van der Waals surface area contributed by atoms with Crippen LogP contribution in [-0.2, 0) is 0 Å². The van der Waals surface area contributed by atoms with Crippen molar-refractivity contribution in [3.8, 4) is 0 Å². The molecule has 0 aromatic rings. The van der Waals surface area contributed by atoms with Gasteiger partial charge >= 0.3 is 6.18 Å². The van der Waals surface area contributed by atoms with Crippen molar-refractivity contribution in [2.45, 2.75) is 38.5 Å². The van der Waals surface area contributed by atoms with Crippen LogP contribution in [-0.4, -0.2) is 23.9 Å². The first-order valence-electron chi connectivity index (χ1n) is 4.35. The van der Waals surface area contributed by atoms with Crippen LogP contribution in [0, 0.1) is 5.92 Å². The van der Waals surface area contributed by atoms with Crippen molar-refractivity contribution in [3.05, 3.63) is 0 Å². The molecule has 2 unspecified atom stereocenters. The normalized spacial score (nSPS) is 17.1. The smallest absolute Gasteiger partial charge is 0.391 e. The summed E-state index contributed by atoms with van der Waals surface area (Å²) < 4.78 is 35.5. The number of aliphatic hydroxyl groups is 1. The minimum Gasteiger partial charge on any atom is -0.392 e. The first kappa shape index (κ1) is 12.7. The minimum absolute atomic E-state index is 0.102. The molecule has 80 valence electrons. The Bertz CT molecular complexity index is 138. The second-order valence-electron chi connectivity index (χ2n) is 3.17. The van der Waals surface area contributed by atoms with Crippen LogP contribution in [0.25, 0.3) is 0 Å². The third-order valence-corrected chi connectivity index (χ3v) is 1.95. The lowest BCUT2D eigenvalue weighted by Crippen LogP contribution is -2.31. The predicted octanol–water partition coefficient (Wildman–Crippen LogP) is 1.67. The summed E-state index contributed by atoms with van der Waals surface area (Å²) in [7, 11) is 0. The Hall–Kier alpha value is -0.290. The maximum absolute atomic E-state index is 11.8. The minimum atomic E-state index is -4.30. The molecule has 0 saturated heterocycles. The highest BCUT2D eigenvalue weighted by Gasteiger charge is 2.33. The zero-order valence-corrected chi connectivity index (χ0v) is 7.64. The van der Waals surface area contributed by atoms with Gasteiger partial charge in [-0.3, -0.25) is 0 Å². The van der Waals surface area contributed by atoms with Crippen LogP contribution >= 0.6 is 0 Å². The van der Waals surface area contributed by atoms with Crippen LogP contribution in [0.4, 0.5) is 13.2 Å². The summed E-state index contributed by atoms with van der Waals surface area (Å²) in [5.41, 5.74) is 5.25. The van der Waals surface area contributed by atoms with Gasteiger partial charge in [0.2, 0.25) is 0 Å². The molecular weight excluding hydrogens is 183 g/mol. The fraction of sp³-hybridized carbons (Fsp3) is 1.00. The quantitative estimate of drug-likeness (QED) is 0.707. The molecule has 2 nitrogen and oxygen atoms in total. The van der Waals surface area contributed by atoms with Gasteiger partial charge in [0.05, 0.1) is 12.5 Å². The van der Waals surface area contributed by atoms with Crippen molar-refractivity contribution in [2.24, 2.45) is 11.7 Å². The SMILES string of the molecule is CCCC(CN)C(O)CC(F)(F)F. The van der Waals surface area contributed by atoms with E-state index in [0.717, 1.165) is 6.42 Å². The van der Waals surface area contributed by atoms with Gasteiger partial charge in [0.25, 0.3) is 0 Å². The van der Waals surface area contributed by atoms with E-state index in [9.17, 15) is 18.3 Å². The van der Waals surface area contributed by atoms with Crippen LogP contribution in [0.1, 0.15) is 26.2 Å². The Morgan fingerprint density at radius 3 is 2.23 bits per heavy atom. The third kappa shape index (κ3) is 5.87. The van der Waals surface area contributed by atoms with Crippen molar-refractivity contribution in [1.29, 1.82) is 0 Å². The molecule has 0 heterocycles. The Morgan fingerprint density at radius 2 is 1.92 bits per heavy atom. The monoisotopic (exact) mass is 199 g/mol. The van der Waals surface area contributed by atoms with Crippen LogP contribution in [0.2, 0.25) is 0 Å². The second kappa shape index (κ2) is 5.44. The van der Waals surface area contributed by atoms with Gasteiger partial charge in [0.1, 0.15) is 0 Å². The summed E-state index contributed by atoms with van der Waals surface area (Å²) in [6.07, 6.45) is -5.55. The summed E-state index contributed by atoms with van der Waals surface area (Å²) in [5, 5.41) is 9.18. The van der Waals surface area contributed by atoms with E-state index in [1.807, 2.05) is 6.92 Å². The maximum atomic E-state index is 11.8. The summed E-state index contributed by atoms with van der Waals surface area (Å²) in [6.45, 7) is 1.95. The number of alkyl halides is 3. The molecule has 0 bridgehead atoms. The Kier molecular flexibility index (Phi) is 5.32. The van der Waals surface area contributed by atoms with Gasteiger partial charge in [-0.25, -0.2) is 0 Å². The zero-order valence-electron chi connectivity index (χ0n) is 7.64. The van der Waals surface area contributed by atoms with Crippen LogP contribution in [0.15, 0.2) is 0 Å². The van der Waals surface area contributed by atoms with Gasteiger partial charge in [0.15, 0.2) is 0 Å². The first-order valence-corrected chi connectivity index (χ1v) is 4.35. The van der Waals surface area contributed by atoms with Gasteiger partial charge < -0.3 is 10.8 Å². The lowest BCUT2D eigenvalue weighted by Gasteiger charge is -2.21. The molecular formula is C8H16F3NO. The topological polar surface area (TPSA) is 46.2 Å². The summed E-state index contributed by atoms with van der Waals surface area (Å²) in [4.78, 5) is 0. The van der Waals surface area contributed by atoms with Crippen LogP contribution in [0.3, 0.4) is 0 Å². The van der Waals surface area contributed by atoms with E-state index < -0.39 is 24.6 Å². The van der Waals surface area contributed by atoms with E-state index in [1.165, 1.54) is 0 Å². The van der Waals surface area contributed by atoms with Gasteiger partial charge in [-0.2, -0.15) is 13.2 Å². The van der Waals surface area contributed by atoms with E-state index in [1.54, 1.807) is 0 Å². The molecule has 5 heteroatoms. The van der Waals surface area contributed by atoms with Crippen molar-refractivity contribution >= 4 is 0 Å². The number of hydrogen-bond acceptors (Lipinski definition) is 2. The fourth-order valence-electron chi connectivity index (χ4n) is 1.24. The summed E-state index contributed by atoms with van der Waals surface area (Å²) in [6, 6.07) is 0. The molecule has 0 aromatic heterocycles. The van der Waals surface area contributed by atoms with E-state index in [0.29, 0.717) is 6.42 Å². The summed E-state index contributed by atoms with van der Waals surface area (Å²) in [5.74, 6) is -0.438. The van der Waals surface area contributed by atoms with Crippen LogP contribution in [0.5, 0.6) is 0 Å². The number of hydrogen-bond donors (Lipinski definition) is 2. The van der Waals surface area contributed by atoms with Crippen molar-refractivity contribution in [1.82, 2.24) is 0 Å². The molecule has 2 atom stereocenters. The Morgan fingerprint density at radius 1 is 1.38 bits per heavy atom. The molecule has 0 aliphatic heterocycles. The lowest BCUT2D eigenvalue weighted by molar-refractivity contribution is -0.159. The zero-order chi connectivity index (χ0) is 10.5. The van der Waals surface area contributed by atoms with E-state index >= 15 is 0 Å². The number of aliphatic hydroxyl groups excluding tert-OH is 1. The van der Waals surface area contributed by atoms with Gasteiger partial charge in [-0.15, -0.1) is 0 Å².